The molecular weight excluding hydrogens is 522 g/mol. The molecule has 0 radical (unpaired) electrons. The van der Waals surface area contributed by atoms with E-state index in [4.69, 9.17) is 26.0 Å². The normalized spacial score (nSPS) is 18.3. The number of rotatable bonds is 9. The number of ether oxygens (including phenoxy) is 2. The van der Waals surface area contributed by atoms with Gasteiger partial charge in [0.2, 0.25) is 23.6 Å². The Bertz CT molecular complexity index is 1360. The quantitative estimate of drug-likeness (QED) is 0.304. The lowest BCUT2D eigenvalue weighted by Gasteiger charge is -2.19. The number of nitrogens with one attached hydrogen (secondary N) is 2. The molecule has 41 heavy (non-hydrogen) atoms. The molecule has 1 aliphatic carbocycles. The molecule has 1 atom stereocenters. The summed E-state index contributed by atoms with van der Waals surface area (Å²) in [4.78, 5) is 38.6. The molecule has 3 fully saturated rings. The summed E-state index contributed by atoms with van der Waals surface area (Å²) in [5, 5.41) is 15.5. The highest BCUT2D eigenvalue weighted by Crippen LogP contribution is 2.32. The molecule has 2 saturated heterocycles. The molecule has 10 heteroatoms. The minimum Gasteiger partial charge on any atom is -0.481 e. The van der Waals surface area contributed by atoms with Crippen LogP contribution in [0.4, 0.5) is 0 Å². The zero-order chi connectivity index (χ0) is 29.5. The Balaban J connectivity index is 0.000000368. The molecule has 1 saturated carbocycles. The molecule has 3 aliphatic rings. The molecule has 2 aliphatic heterocycles. The lowest BCUT2D eigenvalue weighted by atomic mass is 10.1. The molecule has 2 heterocycles. The Labute approximate surface area is 241 Å². The molecular formula is C31H39N5O5. The first-order chi connectivity index (χ1) is 19.6. The summed E-state index contributed by atoms with van der Waals surface area (Å²) < 4.78 is 10.7. The minimum atomic E-state index is -0.564. The first kappa shape index (κ1) is 29.5. The Morgan fingerprint density at radius 3 is 2.34 bits per heavy atom. The van der Waals surface area contributed by atoms with Gasteiger partial charge in [0.25, 0.3) is 0 Å². The van der Waals surface area contributed by atoms with Crippen molar-refractivity contribution in [2.24, 2.45) is 11.7 Å². The van der Waals surface area contributed by atoms with Crippen molar-refractivity contribution in [3.8, 4) is 11.5 Å². The van der Waals surface area contributed by atoms with E-state index in [0.717, 1.165) is 24.9 Å². The smallest absolute Gasteiger partial charge is 0.248 e. The number of carbonyl (C=O) groups is 3. The standard InChI is InChI=1S/C23H24N4O4.C8H13NO.H2/c1-30-21(25)11-10-19(24)15-6-8-18(9-7-15)31-20-13-16(23(26)29)4-5-17(20)14-27-12-2-3-22(27)28;1-6-4-8(10)9(5-6)7-2-3-7;/h4-11,13,24-25H,2-3,12,14H2,1H3,(H2,26,29);6-7H,2-5H2,1H3;1H/b11-10-,24-19?,25-21?;;. The summed E-state index contributed by atoms with van der Waals surface area (Å²) in [6.07, 6.45) is 7.53. The maximum absolute atomic E-state index is 12.0. The second-order valence-electron chi connectivity index (χ2n) is 10.6. The average Bonchev–Trinajstić information content (AvgIpc) is 3.64. The van der Waals surface area contributed by atoms with Gasteiger partial charge in [-0.3, -0.25) is 19.8 Å². The highest BCUT2D eigenvalue weighted by molar-refractivity contribution is 6.09. The van der Waals surface area contributed by atoms with E-state index in [1.54, 1.807) is 47.4 Å². The van der Waals surface area contributed by atoms with Gasteiger partial charge in [0.15, 0.2) is 0 Å². The Kier molecular flexibility index (Phi) is 9.54. The van der Waals surface area contributed by atoms with Crippen molar-refractivity contribution < 1.29 is 25.3 Å². The summed E-state index contributed by atoms with van der Waals surface area (Å²) >= 11 is 0. The lowest BCUT2D eigenvalue weighted by Crippen LogP contribution is -2.27. The van der Waals surface area contributed by atoms with Crippen LogP contribution >= 0.6 is 0 Å². The van der Waals surface area contributed by atoms with E-state index in [1.165, 1.54) is 32.1 Å². The number of amides is 3. The number of benzene rings is 2. The number of carbonyl (C=O) groups excluding carboxylic acids is 3. The number of primary amides is 1. The van der Waals surface area contributed by atoms with Crippen molar-refractivity contribution in [2.45, 2.75) is 51.6 Å². The van der Waals surface area contributed by atoms with Crippen LogP contribution in [0.3, 0.4) is 0 Å². The van der Waals surface area contributed by atoms with Crippen molar-refractivity contribution in [1.82, 2.24) is 9.80 Å². The Hall–Kier alpha value is -4.47. The summed E-state index contributed by atoms with van der Waals surface area (Å²) in [7, 11) is 1.39. The van der Waals surface area contributed by atoms with Crippen LogP contribution in [0.15, 0.2) is 54.6 Å². The number of hydrogen-bond donors (Lipinski definition) is 3. The van der Waals surface area contributed by atoms with Gasteiger partial charge in [-0.15, -0.1) is 0 Å². The van der Waals surface area contributed by atoms with Crippen LogP contribution in [0, 0.1) is 16.7 Å². The van der Waals surface area contributed by atoms with Gasteiger partial charge in [0, 0.05) is 57.1 Å². The van der Waals surface area contributed by atoms with Gasteiger partial charge < -0.3 is 30.4 Å². The number of nitrogens with zero attached hydrogens (tertiary/aromatic N) is 2. The van der Waals surface area contributed by atoms with E-state index in [2.05, 4.69) is 11.8 Å². The molecule has 3 amide bonds. The fourth-order valence-electron chi connectivity index (χ4n) is 4.82. The Morgan fingerprint density at radius 2 is 1.78 bits per heavy atom. The molecule has 1 unspecified atom stereocenters. The van der Waals surface area contributed by atoms with Gasteiger partial charge in [-0.2, -0.15) is 0 Å². The first-order valence-electron chi connectivity index (χ1n) is 13.8. The van der Waals surface area contributed by atoms with Crippen molar-refractivity contribution in [1.29, 1.82) is 10.8 Å². The number of methoxy groups -OCH3 is 1. The average molecular weight is 562 g/mol. The largest absolute Gasteiger partial charge is 0.481 e. The second kappa shape index (κ2) is 13.3. The first-order valence-corrected chi connectivity index (χ1v) is 13.8. The van der Waals surface area contributed by atoms with Gasteiger partial charge in [-0.05, 0) is 73.2 Å². The van der Waals surface area contributed by atoms with Crippen molar-refractivity contribution in [3.63, 3.8) is 0 Å². The molecule has 0 spiro atoms. The predicted octanol–water partition coefficient (Wildman–Crippen LogP) is 4.51. The molecule has 0 bridgehead atoms. The third-order valence-electron chi connectivity index (χ3n) is 7.24. The summed E-state index contributed by atoms with van der Waals surface area (Å²) in [5.41, 5.74) is 7.36. The molecule has 218 valence electrons. The van der Waals surface area contributed by atoms with Crippen LogP contribution in [-0.4, -0.2) is 65.4 Å². The number of hydrogen-bond acceptors (Lipinski definition) is 7. The van der Waals surface area contributed by atoms with Gasteiger partial charge in [-0.1, -0.05) is 13.0 Å². The lowest BCUT2D eigenvalue weighted by molar-refractivity contribution is -0.129. The van der Waals surface area contributed by atoms with Crippen LogP contribution in [0.5, 0.6) is 11.5 Å². The van der Waals surface area contributed by atoms with Crippen LogP contribution < -0.4 is 10.5 Å². The van der Waals surface area contributed by atoms with Crippen LogP contribution in [-0.2, 0) is 20.9 Å². The van der Waals surface area contributed by atoms with E-state index >= 15 is 0 Å². The summed E-state index contributed by atoms with van der Waals surface area (Å²) in [6, 6.07) is 12.5. The third kappa shape index (κ3) is 8.03. The fraction of sp³-hybridized carbons (Fsp3) is 0.387. The SMILES string of the molecule is CC1CC(=O)N(C2CC2)C1.COC(=N)/C=C\C(=N)c1ccc(Oc2cc(C(N)=O)ccc2CN2CCCC2=O)cc1.[HH]. The summed E-state index contributed by atoms with van der Waals surface area (Å²) in [5.74, 6) is 1.45. The van der Waals surface area contributed by atoms with Crippen LogP contribution in [0.25, 0.3) is 0 Å². The van der Waals surface area contributed by atoms with E-state index in [9.17, 15) is 14.4 Å². The van der Waals surface area contributed by atoms with E-state index in [0.29, 0.717) is 60.0 Å². The maximum Gasteiger partial charge on any atom is 0.248 e. The number of likely N-dealkylation sites (tertiary alicyclic amines) is 2. The van der Waals surface area contributed by atoms with Crippen molar-refractivity contribution in [3.05, 3.63) is 71.3 Å². The van der Waals surface area contributed by atoms with Gasteiger partial charge in [-0.25, -0.2) is 0 Å². The highest BCUT2D eigenvalue weighted by Gasteiger charge is 2.37. The van der Waals surface area contributed by atoms with Gasteiger partial charge in [0.05, 0.1) is 12.8 Å². The second-order valence-corrected chi connectivity index (χ2v) is 10.6. The van der Waals surface area contributed by atoms with Crippen LogP contribution in [0.2, 0.25) is 0 Å². The molecule has 10 nitrogen and oxygen atoms in total. The molecule has 5 rings (SSSR count). The predicted molar refractivity (Wildman–Crippen MR) is 157 cm³/mol. The van der Waals surface area contributed by atoms with Crippen LogP contribution in [0.1, 0.15) is 61.9 Å². The summed E-state index contributed by atoms with van der Waals surface area (Å²) in [6.45, 7) is 4.26. The third-order valence-corrected chi connectivity index (χ3v) is 7.24. The number of allylic oxidation sites excluding steroid dienone is 1. The van der Waals surface area contributed by atoms with Crippen molar-refractivity contribution in [2.75, 3.05) is 20.2 Å². The molecule has 0 aromatic heterocycles. The monoisotopic (exact) mass is 561 g/mol. The zero-order valence-electron chi connectivity index (χ0n) is 23.5. The van der Waals surface area contributed by atoms with E-state index in [-0.39, 0.29) is 18.9 Å². The van der Waals surface area contributed by atoms with Gasteiger partial charge >= 0.3 is 0 Å². The topological polar surface area (TPSA) is 150 Å². The molecule has 4 N–H and O–H groups in total. The highest BCUT2D eigenvalue weighted by atomic mass is 16.5. The molecule has 2 aromatic rings. The zero-order valence-corrected chi connectivity index (χ0v) is 23.5. The van der Waals surface area contributed by atoms with Gasteiger partial charge in [0.1, 0.15) is 11.5 Å². The molecule has 2 aromatic carbocycles. The Morgan fingerprint density at radius 1 is 1.07 bits per heavy atom. The minimum absolute atomic E-state index is 0. The van der Waals surface area contributed by atoms with Crippen molar-refractivity contribution >= 4 is 29.3 Å². The van der Waals surface area contributed by atoms with E-state index in [1.807, 2.05) is 0 Å². The maximum atomic E-state index is 12.0. The van der Waals surface area contributed by atoms with E-state index < -0.39 is 5.91 Å². The fourth-order valence-corrected chi connectivity index (χ4v) is 4.82. The number of nitrogens with two attached hydrogens (primary N) is 1.